The van der Waals surface area contributed by atoms with Crippen LogP contribution in [0.1, 0.15) is 22.3 Å². The second-order valence-electron chi connectivity index (χ2n) is 6.57. The summed E-state index contributed by atoms with van der Waals surface area (Å²) in [6.45, 7) is 6.42. The van der Waals surface area contributed by atoms with Gasteiger partial charge in [-0.3, -0.25) is 4.72 Å². The summed E-state index contributed by atoms with van der Waals surface area (Å²) >= 11 is 0. The fourth-order valence-corrected chi connectivity index (χ4v) is 6.30. The van der Waals surface area contributed by atoms with Crippen LogP contribution in [0.25, 0.3) is 4.13 Å². The maximum absolute atomic E-state index is 14.0. The minimum atomic E-state index is -6.60. The highest BCUT2D eigenvalue weighted by molar-refractivity contribution is 8.12. The van der Waals surface area contributed by atoms with E-state index in [4.69, 9.17) is 0 Å². The van der Waals surface area contributed by atoms with E-state index in [9.17, 15) is 47.2 Å². The van der Waals surface area contributed by atoms with Gasteiger partial charge in [-0.25, -0.2) is 34.0 Å². The van der Waals surface area contributed by atoms with Crippen molar-refractivity contribution in [2.75, 3.05) is 16.2 Å². The van der Waals surface area contributed by atoms with E-state index in [0.29, 0.717) is 16.7 Å². The van der Waals surface area contributed by atoms with Crippen LogP contribution >= 0.6 is 0 Å². The van der Waals surface area contributed by atoms with E-state index >= 15 is 0 Å². The molecule has 0 radical (unpaired) electrons. The van der Waals surface area contributed by atoms with Gasteiger partial charge >= 0.3 is 5.51 Å². The van der Waals surface area contributed by atoms with Crippen molar-refractivity contribution in [2.45, 2.75) is 39.1 Å². The molecule has 30 heavy (non-hydrogen) atoms. The Morgan fingerprint density at radius 3 is 1.80 bits per heavy atom. The number of hydrogen-bond donors (Lipinski definition) is 1. The van der Waals surface area contributed by atoms with Crippen LogP contribution in [0.4, 0.5) is 27.6 Å². The third-order valence-electron chi connectivity index (χ3n) is 3.91. The van der Waals surface area contributed by atoms with Crippen molar-refractivity contribution in [1.82, 2.24) is 0 Å². The first kappa shape index (κ1) is 26.5. The number of nitrogens with zero attached hydrogens (tertiary/aromatic N) is 1. The van der Waals surface area contributed by atoms with Gasteiger partial charge in [0.25, 0.3) is 5.92 Å². The first-order valence-electron chi connectivity index (χ1n) is 7.83. The van der Waals surface area contributed by atoms with Crippen LogP contribution in [0.15, 0.2) is 6.07 Å². The van der Waals surface area contributed by atoms with Crippen LogP contribution in [0, 0.1) is 27.7 Å². The summed E-state index contributed by atoms with van der Waals surface area (Å²) in [4.78, 5) is 0. The molecule has 0 heterocycles. The number of alkyl halides is 5. The molecule has 174 valence electrons. The standard InChI is InChI=1S/C14H18F5N2O6S3/c1-8-5-9(2)12(11(4)10(8)3)20-28(22,23)6-13(15,16)7-29(24,25)21-30(26,27)14(17,18)19/h5,20H,6-7H2,1-4H3/q-1. The maximum Gasteiger partial charge on any atom is 0.480 e. The summed E-state index contributed by atoms with van der Waals surface area (Å²) in [5, 5.41) is 0. The van der Waals surface area contributed by atoms with Gasteiger partial charge in [0.15, 0.2) is 10.0 Å². The van der Waals surface area contributed by atoms with E-state index in [1.165, 1.54) is 18.0 Å². The second kappa shape index (κ2) is 8.20. The first-order chi connectivity index (χ1) is 13.1. The Balaban J connectivity index is 3.10. The molecule has 0 bridgehead atoms. The Morgan fingerprint density at radius 1 is 0.833 bits per heavy atom. The topological polar surface area (TPSA) is 129 Å². The number of anilines is 1. The van der Waals surface area contributed by atoms with Gasteiger partial charge in [-0.2, -0.15) is 13.2 Å². The molecule has 0 amide bonds. The lowest BCUT2D eigenvalue weighted by atomic mass is 9.99. The minimum absolute atomic E-state index is 0.0129. The van der Waals surface area contributed by atoms with Crippen molar-refractivity contribution in [3.63, 3.8) is 0 Å². The molecule has 0 aliphatic rings. The van der Waals surface area contributed by atoms with Crippen molar-refractivity contribution in [3.8, 4) is 0 Å². The zero-order valence-electron chi connectivity index (χ0n) is 16.0. The average molecular weight is 501 g/mol. The number of benzene rings is 1. The lowest BCUT2D eigenvalue weighted by Gasteiger charge is -2.25. The largest absolute Gasteiger partial charge is 0.480 e. The highest BCUT2D eigenvalue weighted by Gasteiger charge is 2.43. The third-order valence-corrected chi connectivity index (χ3v) is 8.30. The van der Waals surface area contributed by atoms with Gasteiger partial charge in [-0.15, -0.1) is 0 Å². The lowest BCUT2D eigenvalue weighted by Crippen LogP contribution is -2.38. The van der Waals surface area contributed by atoms with E-state index in [0.717, 1.165) is 5.56 Å². The van der Waals surface area contributed by atoms with Crippen LogP contribution in [0.2, 0.25) is 0 Å². The SMILES string of the molecule is Cc1cc(C)c(NS(=O)(=O)CC(F)(F)CS(=O)(=O)[N-]S(=O)(=O)C(F)(F)F)c(C)c1C. The molecular weight excluding hydrogens is 483 g/mol. The molecule has 8 nitrogen and oxygen atoms in total. The number of halogens is 5. The van der Waals surface area contributed by atoms with Crippen LogP contribution in [-0.2, 0) is 30.1 Å². The van der Waals surface area contributed by atoms with Gasteiger partial charge in [0, 0.05) is 0 Å². The molecule has 0 aromatic heterocycles. The van der Waals surface area contributed by atoms with Crippen LogP contribution in [0.3, 0.4) is 0 Å². The number of rotatable bonds is 8. The Hall–Kier alpha value is -1.52. The molecule has 1 N–H and O–H groups in total. The number of aryl methyl sites for hydroxylation is 2. The zero-order valence-corrected chi connectivity index (χ0v) is 18.5. The number of hydrogen-bond acceptors (Lipinski definition) is 6. The second-order valence-corrected chi connectivity index (χ2v) is 11.8. The summed E-state index contributed by atoms with van der Waals surface area (Å²) in [7, 11) is -17.4. The molecule has 0 atom stereocenters. The van der Waals surface area contributed by atoms with E-state index < -0.39 is 53.0 Å². The molecule has 0 spiro atoms. The van der Waals surface area contributed by atoms with E-state index in [1.807, 2.05) is 4.72 Å². The van der Waals surface area contributed by atoms with Gasteiger partial charge in [-0.05, 0) is 49.9 Å². The van der Waals surface area contributed by atoms with Crippen LogP contribution < -0.4 is 4.72 Å². The summed E-state index contributed by atoms with van der Waals surface area (Å²) in [5.41, 5.74) is -3.84. The Labute approximate surface area is 171 Å². The number of nitrogens with one attached hydrogen (secondary N) is 1. The van der Waals surface area contributed by atoms with Crippen molar-refractivity contribution in [1.29, 1.82) is 0 Å². The summed E-state index contributed by atoms with van der Waals surface area (Å²) in [6, 6.07) is 1.59. The van der Waals surface area contributed by atoms with E-state index in [1.54, 1.807) is 19.9 Å². The molecule has 0 fully saturated rings. The monoisotopic (exact) mass is 501 g/mol. The Morgan fingerprint density at radius 2 is 1.33 bits per heavy atom. The summed E-state index contributed by atoms with van der Waals surface area (Å²) in [6.07, 6.45) is 0. The van der Waals surface area contributed by atoms with E-state index in [-0.39, 0.29) is 5.69 Å². The molecule has 0 saturated carbocycles. The van der Waals surface area contributed by atoms with Crippen molar-refractivity contribution in [3.05, 3.63) is 32.4 Å². The van der Waals surface area contributed by atoms with Gasteiger partial charge < -0.3 is 4.13 Å². The van der Waals surface area contributed by atoms with Gasteiger partial charge in [0.1, 0.15) is 5.75 Å². The Kier molecular flexibility index (Phi) is 7.25. The van der Waals surface area contributed by atoms with E-state index in [2.05, 4.69) is 0 Å². The number of sulfonamides is 3. The highest BCUT2D eigenvalue weighted by Crippen LogP contribution is 2.33. The first-order valence-corrected chi connectivity index (χ1v) is 12.5. The molecule has 1 rings (SSSR count). The third kappa shape index (κ3) is 6.75. The molecule has 0 aliphatic heterocycles. The molecule has 0 unspecified atom stereocenters. The van der Waals surface area contributed by atoms with Crippen molar-refractivity contribution >= 4 is 35.8 Å². The van der Waals surface area contributed by atoms with Gasteiger partial charge in [-0.1, -0.05) is 6.07 Å². The normalized spacial score (nSPS) is 14.0. The molecule has 1 aromatic rings. The molecule has 1 aromatic carbocycles. The quantitative estimate of drug-likeness (QED) is 0.546. The van der Waals surface area contributed by atoms with Gasteiger partial charge in [0.05, 0.1) is 21.5 Å². The fraction of sp³-hybridized carbons (Fsp3) is 0.571. The minimum Gasteiger partial charge on any atom is -0.428 e. The predicted molar refractivity (Wildman–Crippen MR) is 99.9 cm³/mol. The lowest BCUT2D eigenvalue weighted by molar-refractivity contribution is -0.0425. The maximum atomic E-state index is 14.0. The predicted octanol–water partition coefficient (Wildman–Crippen LogP) is 2.85. The summed E-state index contributed by atoms with van der Waals surface area (Å²) < 4.78 is 137. The average Bonchev–Trinajstić information content (AvgIpc) is 2.44. The molecule has 0 aliphatic carbocycles. The fourth-order valence-electron chi connectivity index (χ4n) is 2.44. The molecular formula is C14H18F5N2O6S3-. The van der Waals surface area contributed by atoms with Crippen LogP contribution in [-0.4, -0.2) is 48.2 Å². The van der Waals surface area contributed by atoms with Gasteiger partial charge in [0.2, 0.25) is 10.0 Å². The smallest absolute Gasteiger partial charge is 0.428 e. The Bertz CT molecular complexity index is 1140. The highest BCUT2D eigenvalue weighted by atomic mass is 32.3. The molecule has 16 heteroatoms. The zero-order chi connectivity index (χ0) is 23.9. The van der Waals surface area contributed by atoms with Crippen molar-refractivity contribution in [2.24, 2.45) is 0 Å². The van der Waals surface area contributed by atoms with Crippen molar-refractivity contribution < 1.29 is 47.2 Å². The van der Waals surface area contributed by atoms with Crippen LogP contribution in [0.5, 0.6) is 0 Å². The summed E-state index contributed by atoms with van der Waals surface area (Å²) in [5.74, 6) is -9.33. The molecule has 0 saturated heterocycles.